The molecular weight excluding hydrogens is 444 g/mol. The molecule has 2 aliphatic rings. The summed E-state index contributed by atoms with van der Waals surface area (Å²) in [6.45, 7) is 1.88. The predicted molar refractivity (Wildman–Crippen MR) is 115 cm³/mol. The fraction of sp³-hybridized carbons (Fsp3) is 0.316. The van der Waals surface area contributed by atoms with E-state index in [4.69, 9.17) is 0 Å². The monoisotopic (exact) mass is 462 g/mol. The molecule has 0 bridgehead atoms. The van der Waals surface area contributed by atoms with Crippen LogP contribution >= 0.6 is 34.9 Å². The molecule has 3 heterocycles. The van der Waals surface area contributed by atoms with E-state index in [0.29, 0.717) is 5.75 Å². The van der Waals surface area contributed by atoms with Crippen LogP contribution in [0.25, 0.3) is 0 Å². The van der Waals surface area contributed by atoms with Gasteiger partial charge in [-0.15, -0.1) is 22.0 Å². The van der Waals surface area contributed by atoms with Crippen LogP contribution in [0.3, 0.4) is 0 Å². The Morgan fingerprint density at radius 3 is 2.70 bits per heavy atom. The number of nitrogens with zero attached hydrogens (tertiary/aromatic N) is 3. The van der Waals surface area contributed by atoms with Crippen molar-refractivity contribution in [3.8, 4) is 0 Å². The van der Waals surface area contributed by atoms with Gasteiger partial charge in [-0.1, -0.05) is 53.4 Å². The molecule has 2 aromatic rings. The molecule has 0 spiro atoms. The highest BCUT2D eigenvalue weighted by Crippen LogP contribution is 2.42. The number of aromatic nitrogens is 2. The number of carbonyl (C=O) groups is 3. The Kier molecular flexibility index (Phi) is 6.11. The van der Waals surface area contributed by atoms with E-state index in [1.54, 1.807) is 6.08 Å². The third kappa shape index (κ3) is 4.37. The van der Waals surface area contributed by atoms with Gasteiger partial charge in [0.25, 0.3) is 5.91 Å². The first-order valence-corrected chi connectivity index (χ1v) is 11.9. The van der Waals surface area contributed by atoms with Crippen LogP contribution < -0.4 is 5.32 Å². The number of rotatable bonds is 7. The third-order valence-electron chi connectivity index (χ3n) is 4.58. The van der Waals surface area contributed by atoms with Gasteiger partial charge in [-0.2, -0.15) is 0 Å². The highest BCUT2D eigenvalue weighted by atomic mass is 32.2. The van der Waals surface area contributed by atoms with Crippen molar-refractivity contribution in [1.82, 2.24) is 20.4 Å². The first-order valence-electron chi connectivity index (χ1n) is 9.12. The zero-order valence-electron chi connectivity index (χ0n) is 15.8. The fourth-order valence-electron chi connectivity index (χ4n) is 3.22. The maximum atomic E-state index is 12.6. The minimum Gasteiger partial charge on any atom is -0.477 e. The van der Waals surface area contributed by atoms with Gasteiger partial charge in [0.05, 0.1) is 6.42 Å². The summed E-state index contributed by atoms with van der Waals surface area (Å²) in [5.41, 5.74) is 0.819. The van der Waals surface area contributed by atoms with Crippen LogP contribution in [0.5, 0.6) is 0 Å². The third-order valence-corrected chi connectivity index (χ3v) is 8.30. The zero-order valence-corrected chi connectivity index (χ0v) is 18.3. The number of nitrogens with one attached hydrogen (secondary N) is 1. The summed E-state index contributed by atoms with van der Waals surface area (Å²) in [7, 11) is 0. The molecule has 2 amide bonds. The van der Waals surface area contributed by atoms with E-state index >= 15 is 0 Å². The number of thioether (sulfide) groups is 2. The quantitative estimate of drug-likeness (QED) is 0.474. The van der Waals surface area contributed by atoms with E-state index in [-0.39, 0.29) is 23.3 Å². The number of hydrogen-bond acceptors (Lipinski definition) is 8. The summed E-state index contributed by atoms with van der Waals surface area (Å²) in [5, 5.41) is 20.7. The van der Waals surface area contributed by atoms with Crippen molar-refractivity contribution >= 4 is 52.6 Å². The Bertz CT molecular complexity index is 1010. The molecule has 1 saturated heterocycles. The van der Waals surface area contributed by atoms with Gasteiger partial charge < -0.3 is 10.4 Å². The van der Waals surface area contributed by atoms with Gasteiger partial charge in [-0.25, -0.2) is 4.79 Å². The molecule has 2 aliphatic heterocycles. The van der Waals surface area contributed by atoms with Crippen LogP contribution in [-0.4, -0.2) is 60.4 Å². The second kappa shape index (κ2) is 8.78. The van der Waals surface area contributed by atoms with Gasteiger partial charge in [-0.05, 0) is 18.6 Å². The van der Waals surface area contributed by atoms with E-state index < -0.39 is 23.3 Å². The highest BCUT2D eigenvalue weighted by Gasteiger charge is 2.54. The number of hydrogen-bond donors (Lipinski definition) is 2. The van der Waals surface area contributed by atoms with Gasteiger partial charge >= 0.3 is 5.97 Å². The van der Waals surface area contributed by atoms with Crippen molar-refractivity contribution < 1.29 is 19.5 Å². The van der Waals surface area contributed by atoms with E-state index in [1.807, 2.05) is 37.3 Å². The SMILES string of the molecule is Cc1nnc(SCC2C=C(C(=O)O)N3C(=O)C(NC(=O)Cc4ccccc4)[C@H]3S2)s1. The number of benzene rings is 1. The Labute approximate surface area is 185 Å². The summed E-state index contributed by atoms with van der Waals surface area (Å²) in [6, 6.07) is 8.53. The lowest BCUT2D eigenvalue weighted by Gasteiger charge is -2.49. The molecule has 8 nitrogen and oxygen atoms in total. The van der Waals surface area contributed by atoms with Crippen molar-refractivity contribution in [1.29, 1.82) is 0 Å². The van der Waals surface area contributed by atoms with E-state index in [2.05, 4.69) is 15.5 Å². The van der Waals surface area contributed by atoms with E-state index in [9.17, 15) is 19.5 Å². The summed E-state index contributed by atoms with van der Waals surface area (Å²) in [4.78, 5) is 37.9. The van der Waals surface area contributed by atoms with Gasteiger partial charge in [0, 0.05) is 11.0 Å². The maximum Gasteiger partial charge on any atom is 0.352 e. The summed E-state index contributed by atoms with van der Waals surface area (Å²) in [5.74, 6) is -1.21. The molecule has 3 atom stereocenters. The molecule has 4 rings (SSSR count). The molecule has 11 heteroatoms. The molecule has 1 aromatic carbocycles. The average Bonchev–Trinajstić information content (AvgIpc) is 3.15. The first-order chi connectivity index (χ1) is 14.4. The fourth-order valence-corrected chi connectivity index (χ4v) is 6.71. The predicted octanol–water partition coefficient (Wildman–Crippen LogP) is 1.92. The summed E-state index contributed by atoms with van der Waals surface area (Å²) in [6.07, 6.45) is 1.77. The van der Waals surface area contributed by atoms with Crippen LogP contribution in [0, 0.1) is 6.92 Å². The Hall–Kier alpha value is -2.37. The number of aliphatic carboxylic acids is 1. The van der Waals surface area contributed by atoms with Crippen LogP contribution in [0.2, 0.25) is 0 Å². The van der Waals surface area contributed by atoms with Gasteiger partial charge in [0.15, 0.2) is 4.34 Å². The molecule has 1 aromatic heterocycles. The van der Waals surface area contributed by atoms with E-state index in [0.717, 1.165) is 14.9 Å². The first kappa shape index (κ1) is 20.9. The number of carbonyl (C=O) groups excluding carboxylic acids is 2. The van der Waals surface area contributed by atoms with Gasteiger partial charge in [0.1, 0.15) is 22.1 Å². The lowest BCUT2D eigenvalue weighted by atomic mass is 10.0. The standard InChI is InChI=1S/C19H18N4O4S3/c1-10-21-22-19(29-10)28-9-12-8-13(18(26)27)23-16(25)15(17(23)30-12)20-14(24)7-11-5-3-2-4-6-11/h2-6,8,12,15,17H,7,9H2,1H3,(H,20,24)(H,26,27)/t12?,15?,17-/m1/s1. The number of aryl methyl sites for hydroxylation is 1. The normalized spacial score (nSPS) is 22.7. The lowest BCUT2D eigenvalue weighted by Crippen LogP contribution is -2.70. The number of carboxylic acid groups (broad SMARTS) is 1. The Morgan fingerprint density at radius 2 is 2.03 bits per heavy atom. The summed E-state index contributed by atoms with van der Waals surface area (Å²) >= 11 is 4.46. The molecule has 156 valence electrons. The molecule has 0 radical (unpaired) electrons. The summed E-state index contributed by atoms with van der Waals surface area (Å²) < 4.78 is 0.818. The van der Waals surface area contributed by atoms with E-state index in [1.165, 1.54) is 39.8 Å². The van der Waals surface area contributed by atoms with Crippen LogP contribution in [0.4, 0.5) is 0 Å². The lowest BCUT2D eigenvalue weighted by molar-refractivity contribution is -0.150. The number of β-lactam (4-membered cyclic amide) rings is 1. The molecular formula is C19H18N4O4S3. The number of amides is 2. The molecule has 2 unspecified atom stereocenters. The number of fused-ring (bicyclic) bond motifs is 1. The molecule has 0 saturated carbocycles. The van der Waals surface area contributed by atoms with Gasteiger partial charge in [0.2, 0.25) is 5.91 Å². The minimum absolute atomic E-state index is 0.0312. The van der Waals surface area contributed by atoms with Crippen molar-refractivity contribution in [2.75, 3.05) is 5.75 Å². The smallest absolute Gasteiger partial charge is 0.352 e. The van der Waals surface area contributed by atoms with Crippen molar-refractivity contribution in [3.05, 3.63) is 52.7 Å². The Balaban J connectivity index is 1.43. The van der Waals surface area contributed by atoms with Crippen molar-refractivity contribution in [2.24, 2.45) is 0 Å². The molecule has 2 N–H and O–H groups in total. The van der Waals surface area contributed by atoms with Crippen LogP contribution in [0.1, 0.15) is 10.6 Å². The second-order valence-electron chi connectivity index (χ2n) is 6.74. The maximum absolute atomic E-state index is 12.6. The molecule has 0 aliphatic carbocycles. The Morgan fingerprint density at radius 1 is 1.27 bits per heavy atom. The van der Waals surface area contributed by atoms with Gasteiger partial charge in [-0.3, -0.25) is 14.5 Å². The van der Waals surface area contributed by atoms with Crippen molar-refractivity contribution in [2.45, 2.75) is 34.3 Å². The second-order valence-corrected chi connectivity index (χ2v) is 10.5. The molecule has 1 fully saturated rings. The minimum atomic E-state index is -1.15. The highest BCUT2D eigenvalue weighted by molar-refractivity contribution is 8.04. The zero-order chi connectivity index (χ0) is 21.3. The van der Waals surface area contributed by atoms with Crippen LogP contribution in [-0.2, 0) is 20.8 Å². The van der Waals surface area contributed by atoms with Crippen molar-refractivity contribution in [3.63, 3.8) is 0 Å². The number of carboxylic acids is 1. The van der Waals surface area contributed by atoms with Crippen LogP contribution in [0.15, 0.2) is 46.4 Å². The topological polar surface area (TPSA) is 112 Å². The molecule has 30 heavy (non-hydrogen) atoms. The average molecular weight is 463 g/mol. The largest absolute Gasteiger partial charge is 0.477 e.